The van der Waals surface area contributed by atoms with Gasteiger partial charge in [-0.05, 0) is 50.3 Å². The van der Waals surface area contributed by atoms with Crippen molar-refractivity contribution in [3.63, 3.8) is 0 Å². The van der Waals surface area contributed by atoms with Gasteiger partial charge >= 0.3 is 0 Å². The van der Waals surface area contributed by atoms with E-state index in [2.05, 4.69) is 46.0 Å². The van der Waals surface area contributed by atoms with Gasteiger partial charge in [0, 0.05) is 11.6 Å². The maximum absolute atomic E-state index is 9.72. The minimum atomic E-state index is -0.181. The first-order valence-corrected chi connectivity index (χ1v) is 8.01. The number of aliphatic hydroxyl groups excluding tert-OH is 1. The Labute approximate surface area is 129 Å². The van der Waals surface area contributed by atoms with Crippen molar-refractivity contribution in [1.29, 1.82) is 0 Å². The van der Waals surface area contributed by atoms with Crippen molar-refractivity contribution < 1.29 is 9.84 Å². The largest absolute Gasteiger partial charge is 0.493 e. The SMILES string of the molecule is CCC(CO)(CCCOc1cccc(C)c1C)NC(C)C. The molecule has 0 radical (unpaired) electrons. The maximum Gasteiger partial charge on any atom is 0.122 e. The van der Waals surface area contributed by atoms with Crippen LogP contribution >= 0.6 is 0 Å². The van der Waals surface area contributed by atoms with Crippen LogP contribution in [0.4, 0.5) is 0 Å². The first kappa shape index (κ1) is 18.0. The highest BCUT2D eigenvalue weighted by Crippen LogP contribution is 2.22. The first-order chi connectivity index (χ1) is 9.94. The topological polar surface area (TPSA) is 41.5 Å². The van der Waals surface area contributed by atoms with E-state index in [1.54, 1.807) is 0 Å². The Hall–Kier alpha value is -1.06. The highest BCUT2D eigenvalue weighted by atomic mass is 16.5. The van der Waals surface area contributed by atoms with Gasteiger partial charge in [0.25, 0.3) is 0 Å². The molecule has 0 aromatic heterocycles. The Morgan fingerprint density at radius 2 is 2.00 bits per heavy atom. The molecular weight excluding hydrogens is 262 g/mol. The van der Waals surface area contributed by atoms with E-state index in [0.717, 1.165) is 25.0 Å². The molecule has 0 aliphatic heterocycles. The summed E-state index contributed by atoms with van der Waals surface area (Å²) in [7, 11) is 0. The highest BCUT2D eigenvalue weighted by Gasteiger charge is 2.27. The Kier molecular flexibility index (Phi) is 7.20. The van der Waals surface area contributed by atoms with Gasteiger partial charge in [-0.1, -0.05) is 32.9 Å². The molecule has 3 heteroatoms. The molecule has 0 bridgehead atoms. The summed E-state index contributed by atoms with van der Waals surface area (Å²) in [6, 6.07) is 6.52. The number of benzene rings is 1. The van der Waals surface area contributed by atoms with Gasteiger partial charge in [0.05, 0.1) is 13.2 Å². The van der Waals surface area contributed by atoms with E-state index in [-0.39, 0.29) is 12.1 Å². The van der Waals surface area contributed by atoms with Crippen molar-refractivity contribution in [2.24, 2.45) is 0 Å². The molecule has 0 aliphatic rings. The third kappa shape index (κ3) is 5.33. The highest BCUT2D eigenvalue weighted by molar-refractivity contribution is 5.38. The fourth-order valence-electron chi connectivity index (χ4n) is 2.67. The number of rotatable bonds is 9. The summed E-state index contributed by atoms with van der Waals surface area (Å²) in [4.78, 5) is 0. The molecule has 1 rings (SSSR count). The number of hydrogen-bond donors (Lipinski definition) is 2. The molecule has 1 unspecified atom stereocenters. The van der Waals surface area contributed by atoms with Crippen LogP contribution in [0, 0.1) is 13.8 Å². The summed E-state index contributed by atoms with van der Waals surface area (Å²) < 4.78 is 5.90. The molecular formula is C18H31NO2. The summed E-state index contributed by atoms with van der Waals surface area (Å²) in [6.45, 7) is 11.4. The molecule has 0 heterocycles. The number of aliphatic hydroxyl groups is 1. The molecule has 1 aromatic carbocycles. The molecule has 0 saturated heterocycles. The average Bonchev–Trinajstić information content (AvgIpc) is 2.46. The van der Waals surface area contributed by atoms with Crippen molar-refractivity contribution in [2.45, 2.75) is 65.5 Å². The molecule has 21 heavy (non-hydrogen) atoms. The van der Waals surface area contributed by atoms with E-state index < -0.39 is 0 Å². The Morgan fingerprint density at radius 1 is 1.29 bits per heavy atom. The lowest BCUT2D eigenvalue weighted by molar-refractivity contribution is 0.129. The molecule has 0 amide bonds. The molecule has 120 valence electrons. The fraction of sp³-hybridized carbons (Fsp3) is 0.667. The smallest absolute Gasteiger partial charge is 0.122 e. The van der Waals surface area contributed by atoms with Crippen molar-refractivity contribution in [2.75, 3.05) is 13.2 Å². The normalized spacial score (nSPS) is 14.2. The minimum Gasteiger partial charge on any atom is -0.493 e. The lowest BCUT2D eigenvalue weighted by Crippen LogP contribution is -2.51. The molecule has 0 aliphatic carbocycles. The standard InChI is InChI=1S/C18H31NO2/c1-6-18(13-20,19-14(2)3)11-8-12-21-17-10-7-9-15(4)16(17)5/h7,9-10,14,19-20H,6,8,11-13H2,1-5H3. The van der Waals surface area contributed by atoms with Crippen LogP contribution in [0.2, 0.25) is 0 Å². The van der Waals surface area contributed by atoms with Crippen molar-refractivity contribution in [1.82, 2.24) is 5.32 Å². The van der Waals surface area contributed by atoms with Gasteiger partial charge in [-0.3, -0.25) is 0 Å². The summed E-state index contributed by atoms with van der Waals surface area (Å²) in [5, 5.41) is 13.2. The first-order valence-electron chi connectivity index (χ1n) is 8.01. The third-order valence-electron chi connectivity index (χ3n) is 4.19. The second-order valence-corrected chi connectivity index (χ2v) is 6.24. The Morgan fingerprint density at radius 3 is 2.57 bits per heavy atom. The second-order valence-electron chi connectivity index (χ2n) is 6.24. The van der Waals surface area contributed by atoms with Crippen molar-refractivity contribution in [3.05, 3.63) is 29.3 Å². The van der Waals surface area contributed by atoms with Gasteiger partial charge in [0.15, 0.2) is 0 Å². The van der Waals surface area contributed by atoms with Crippen LogP contribution < -0.4 is 10.1 Å². The van der Waals surface area contributed by atoms with Crippen LogP contribution in [-0.4, -0.2) is 29.9 Å². The van der Waals surface area contributed by atoms with Gasteiger partial charge in [0.1, 0.15) is 5.75 Å². The molecule has 0 spiro atoms. The minimum absolute atomic E-state index is 0.172. The molecule has 0 fully saturated rings. The van der Waals surface area contributed by atoms with Crippen LogP contribution in [0.25, 0.3) is 0 Å². The number of nitrogens with one attached hydrogen (secondary N) is 1. The van der Waals surface area contributed by atoms with E-state index in [4.69, 9.17) is 4.74 Å². The van der Waals surface area contributed by atoms with Crippen LogP contribution in [0.1, 0.15) is 51.2 Å². The number of aryl methyl sites for hydroxylation is 1. The number of hydrogen-bond acceptors (Lipinski definition) is 3. The predicted molar refractivity (Wildman–Crippen MR) is 89.0 cm³/mol. The third-order valence-corrected chi connectivity index (χ3v) is 4.19. The summed E-state index contributed by atoms with van der Waals surface area (Å²) in [5.74, 6) is 0.970. The monoisotopic (exact) mass is 293 g/mol. The summed E-state index contributed by atoms with van der Waals surface area (Å²) in [5.41, 5.74) is 2.29. The predicted octanol–water partition coefficient (Wildman–Crippen LogP) is 3.60. The molecule has 2 N–H and O–H groups in total. The molecule has 3 nitrogen and oxygen atoms in total. The summed E-state index contributed by atoms with van der Waals surface area (Å²) >= 11 is 0. The van der Waals surface area contributed by atoms with E-state index in [0.29, 0.717) is 12.6 Å². The van der Waals surface area contributed by atoms with E-state index in [9.17, 15) is 5.11 Å². The van der Waals surface area contributed by atoms with Crippen LogP contribution in [0.5, 0.6) is 5.75 Å². The second kappa shape index (κ2) is 8.40. The van der Waals surface area contributed by atoms with E-state index in [1.807, 2.05) is 12.1 Å². The molecule has 0 saturated carbocycles. The Balaban J connectivity index is 2.49. The average molecular weight is 293 g/mol. The molecule has 1 atom stereocenters. The van der Waals surface area contributed by atoms with Gasteiger partial charge < -0.3 is 15.2 Å². The van der Waals surface area contributed by atoms with Gasteiger partial charge in [-0.25, -0.2) is 0 Å². The van der Waals surface area contributed by atoms with Crippen LogP contribution in [0.3, 0.4) is 0 Å². The van der Waals surface area contributed by atoms with Gasteiger partial charge in [-0.15, -0.1) is 0 Å². The zero-order valence-electron chi connectivity index (χ0n) is 14.2. The lowest BCUT2D eigenvalue weighted by atomic mass is 9.90. The van der Waals surface area contributed by atoms with Gasteiger partial charge in [0.2, 0.25) is 0 Å². The zero-order chi connectivity index (χ0) is 15.9. The van der Waals surface area contributed by atoms with Crippen LogP contribution in [0.15, 0.2) is 18.2 Å². The lowest BCUT2D eigenvalue weighted by Gasteiger charge is -2.34. The Bertz CT molecular complexity index is 425. The fourth-order valence-corrected chi connectivity index (χ4v) is 2.67. The maximum atomic E-state index is 9.72. The number of ether oxygens (including phenoxy) is 1. The van der Waals surface area contributed by atoms with E-state index in [1.165, 1.54) is 11.1 Å². The van der Waals surface area contributed by atoms with Crippen molar-refractivity contribution >= 4 is 0 Å². The zero-order valence-corrected chi connectivity index (χ0v) is 14.2. The van der Waals surface area contributed by atoms with Gasteiger partial charge in [-0.2, -0.15) is 0 Å². The van der Waals surface area contributed by atoms with Crippen LogP contribution in [-0.2, 0) is 0 Å². The van der Waals surface area contributed by atoms with Crippen molar-refractivity contribution in [3.8, 4) is 5.75 Å². The van der Waals surface area contributed by atoms with E-state index >= 15 is 0 Å². The quantitative estimate of drug-likeness (QED) is 0.684. The molecule has 1 aromatic rings. The summed E-state index contributed by atoms with van der Waals surface area (Å²) in [6.07, 6.45) is 2.77.